The zero-order valence-electron chi connectivity index (χ0n) is 10.7. The fourth-order valence-corrected chi connectivity index (χ4v) is 4.07. The van der Waals surface area contributed by atoms with E-state index in [1.807, 2.05) is 0 Å². The second-order valence-electron chi connectivity index (χ2n) is 5.78. The Kier molecular flexibility index (Phi) is 2.94. The number of carbonyl (C=O) groups is 1. The maximum absolute atomic E-state index is 12.2. The van der Waals surface area contributed by atoms with Crippen LogP contribution in [0.25, 0.3) is 0 Å². The number of hydrogen-bond donors (Lipinski definition) is 1. The average molecular weight is 265 g/mol. The van der Waals surface area contributed by atoms with Crippen LogP contribution in [0.4, 0.5) is 0 Å². The SMILES string of the molecule is CC1(O)CN(C(=O)c2cc3c(s2)CCCCC3)C1. The number of thiophene rings is 1. The Morgan fingerprint density at radius 2 is 2.06 bits per heavy atom. The molecule has 0 unspecified atom stereocenters. The van der Waals surface area contributed by atoms with Gasteiger partial charge in [0.1, 0.15) is 0 Å². The number of fused-ring (bicyclic) bond motifs is 1. The molecule has 1 aliphatic heterocycles. The molecule has 1 N–H and O–H groups in total. The van der Waals surface area contributed by atoms with E-state index in [1.54, 1.807) is 23.2 Å². The predicted octanol–water partition coefficient (Wildman–Crippen LogP) is 2.22. The Hall–Kier alpha value is -0.870. The van der Waals surface area contributed by atoms with Gasteiger partial charge < -0.3 is 10.0 Å². The van der Waals surface area contributed by atoms with Gasteiger partial charge in [0, 0.05) is 4.88 Å². The molecule has 1 amide bonds. The number of aliphatic hydroxyl groups is 1. The molecule has 2 aliphatic rings. The molecule has 1 fully saturated rings. The number of β-amino-alcohol motifs (C(OH)–C–C–N with tert-alkyl or cyclic N) is 1. The maximum Gasteiger partial charge on any atom is 0.264 e. The van der Waals surface area contributed by atoms with E-state index in [0.717, 1.165) is 17.7 Å². The van der Waals surface area contributed by atoms with E-state index >= 15 is 0 Å². The molecular weight excluding hydrogens is 246 g/mol. The molecule has 3 rings (SSSR count). The molecule has 18 heavy (non-hydrogen) atoms. The van der Waals surface area contributed by atoms with Crippen molar-refractivity contribution in [3.05, 3.63) is 21.4 Å². The van der Waals surface area contributed by atoms with Gasteiger partial charge >= 0.3 is 0 Å². The highest BCUT2D eigenvalue weighted by Crippen LogP contribution is 2.31. The summed E-state index contributed by atoms with van der Waals surface area (Å²) in [5.74, 6) is 0.0969. The molecule has 0 bridgehead atoms. The van der Waals surface area contributed by atoms with Crippen LogP contribution in [0.5, 0.6) is 0 Å². The highest BCUT2D eigenvalue weighted by molar-refractivity contribution is 7.14. The minimum Gasteiger partial charge on any atom is -0.386 e. The zero-order chi connectivity index (χ0) is 12.8. The maximum atomic E-state index is 12.2. The molecular formula is C14H19NO2S. The summed E-state index contributed by atoms with van der Waals surface area (Å²) in [6.45, 7) is 2.71. The van der Waals surface area contributed by atoms with E-state index in [0.29, 0.717) is 13.1 Å². The van der Waals surface area contributed by atoms with E-state index < -0.39 is 5.60 Å². The van der Waals surface area contributed by atoms with Crippen LogP contribution < -0.4 is 0 Å². The molecule has 1 aliphatic carbocycles. The Balaban J connectivity index is 1.75. The smallest absolute Gasteiger partial charge is 0.264 e. The summed E-state index contributed by atoms with van der Waals surface area (Å²) in [6, 6.07) is 2.08. The van der Waals surface area contributed by atoms with Gasteiger partial charge in [-0.15, -0.1) is 11.3 Å². The van der Waals surface area contributed by atoms with Crippen LogP contribution in [0.3, 0.4) is 0 Å². The molecule has 1 aromatic heterocycles. The third-order valence-electron chi connectivity index (χ3n) is 3.81. The Bertz CT molecular complexity index is 447. The third kappa shape index (κ3) is 2.19. The monoisotopic (exact) mass is 265 g/mol. The molecule has 3 nitrogen and oxygen atoms in total. The molecule has 0 radical (unpaired) electrons. The standard InChI is InChI=1S/C14H19NO2S/c1-14(17)8-15(9-14)13(16)12-7-10-5-3-2-4-6-11(10)18-12/h7,17H,2-6,8-9H2,1H3. The summed E-state index contributed by atoms with van der Waals surface area (Å²) >= 11 is 1.66. The van der Waals surface area contributed by atoms with Gasteiger partial charge in [0.05, 0.1) is 23.6 Å². The Morgan fingerprint density at radius 1 is 1.33 bits per heavy atom. The van der Waals surface area contributed by atoms with E-state index in [9.17, 15) is 9.90 Å². The van der Waals surface area contributed by atoms with E-state index in [1.165, 1.54) is 29.7 Å². The first-order valence-electron chi connectivity index (χ1n) is 6.68. The van der Waals surface area contributed by atoms with E-state index in [-0.39, 0.29) is 5.91 Å². The van der Waals surface area contributed by atoms with Gasteiger partial charge in [-0.05, 0) is 44.2 Å². The van der Waals surface area contributed by atoms with Crippen molar-refractivity contribution in [1.82, 2.24) is 4.90 Å². The predicted molar refractivity (Wildman–Crippen MR) is 72.1 cm³/mol. The van der Waals surface area contributed by atoms with Gasteiger partial charge in [0.15, 0.2) is 0 Å². The largest absolute Gasteiger partial charge is 0.386 e. The third-order valence-corrected chi connectivity index (χ3v) is 5.03. The Morgan fingerprint density at radius 3 is 2.78 bits per heavy atom. The first-order chi connectivity index (χ1) is 8.55. The van der Waals surface area contributed by atoms with Crippen LogP contribution in [0.1, 0.15) is 46.3 Å². The second-order valence-corrected chi connectivity index (χ2v) is 6.91. The summed E-state index contributed by atoms with van der Waals surface area (Å²) < 4.78 is 0. The lowest BCUT2D eigenvalue weighted by atomic mass is 9.97. The van der Waals surface area contributed by atoms with Gasteiger partial charge in [-0.25, -0.2) is 0 Å². The number of likely N-dealkylation sites (tertiary alicyclic amines) is 1. The van der Waals surface area contributed by atoms with Gasteiger partial charge in [-0.2, -0.15) is 0 Å². The van der Waals surface area contributed by atoms with Crippen molar-refractivity contribution in [2.24, 2.45) is 0 Å². The molecule has 1 aromatic rings. The minimum atomic E-state index is -0.677. The summed E-state index contributed by atoms with van der Waals surface area (Å²) in [5, 5.41) is 9.69. The van der Waals surface area contributed by atoms with Crippen LogP contribution in [0.15, 0.2) is 6.07 Å². The second kappa shape index (κ2) is 4.35. The lowest BCUT2D eigenvalue weighted by molar-refractivity contribution is -0.0667. The molecule has 0 saturated carbocycles. The van der Waals surface area contributed by atoms with Gasteiger partial charge in [0.2, 0.25) is 0 Å². The van der Waals surface area contributed by atoms with Crippen molar-refractivity contribution in [3.63, 3.8) is 0 Å². The molecule has 0 atom stereocenters. The topological polar surface area (TPSA) is 40.5 Å². The number of aryl methyl sites for hydroxylation is 2. The van der Waals surface area contributed by atoms with Crippen molar-refractivity contribution in [1.29, 1.82) is 0 Å². The van der Waals surface area contributed by atoms with Gasteiger partial charge in [-0.1, -0.05) is 6.42 Å². The van der Waals surface area contributed by atoms with Gasteiger partial charge in [-0.3, -0.25) is 4.79 Å². The fraction of sp³-hybridized carbons (Fsp3) is 0.643. The van der Waals surface area contributed by atoms with Crippen molar-refractivity contribution in [2.45, 2.75) is 44.6 Å². The van der Waals surface area contributed by atoms with Crippen molar-refractivity contribution >= 4 is 17.2 Å². The molecule has 0 spiro atoms. The van der Waals surface area contributed by atoms with Crippen LogP contribution >= 0.6 is 11.3 Å². The van der Waals surface area contributed by atoms with E-state index in [4.69, 9.17) is 0 Å². The molecule has 4 heteroatoms. The van der Waals surface area contributed by atoms with Crippen LogP contribution in [-0.4, -0.2) is 34.6 Å². The number of amides is 1. The fourth-order valence-electron chi connectivity index (χ4n) is 2.85. The minimum absolute atomic E-state index is 0.0969. The van der Waals surface area contributed by atoms with Crippen LogP contribution in [-0.2, 0) is 12.8 Å². The molecule has 0 aromatic carbocycles. The molecule has 98 valence electrons. The number of nitrogens with zero attached hydrogens (tertiary/aromatic N) is 1. The van der Waals surface area contributed by atoms with Crippen molar-refractivity contribution < 1.29 is 9.90 Å². The van der Waals surface area contributed by atoms with Crippen LogP contribution in [0, 0.1) is 0 Å². The Labute approximate surface area is 111 Å². The summed E-state index contributed by atoms with van der Waals surface area (Å²) in [6.07, 6.45) is 6.05. The zero-order valence-corrected chi connectivity index (χ0v) is 11.6. The average Bonchev–Trinajstić information content (AvgIpc) is 2.57. The van der Waals surface area contributed by atoms with Gasteiger partial charge in [0.25, 0.3) is 5.91 Å². The first kappa shape index (κ1) is 12.2. The highest BCUT2D eigenvalue weighted by Gasteiger charge is 2.40. The summed E-state index contributed by atoms with van der Waals surface area (Å²) in [4.78, 5) is 16.2. The highest BCUT2D eigenvalue weighted by atomic mass is 32.1. The summed E-state index contributed by atoms with van der Waals surface area (Å²) in [7, 11) is 0. The number of hydrogen-bond acceptors (Lipinski definition) is 3. The molecule has 2 heterocycles. The van der Waals surface area contributed by atoms with Crippen LogP contribution in [0.2, 0.25) is 0 Å². The normalized spacial score (nSPS) is 22.0. The lowest BCUT2D eigenvalue weighted by Crippen LogP contribution is -2.61. The lowest BCUT2D eigenvalue weighted by Gasteiger charge is -2.43. The number of rotatable bonds is 1. The number of carbonyl (C=O) groups excluding carboxylic acids is 1. The summed E-state index contributed by atoms with van der Waals surface area (Å²) in [5.41, 5.74) is 0.706. The van der Waals surface area contributed by atoms with E-state index in [2.05, 4.69) is 6.07 Å². The quantitative estimate of drug-likeness (QED) is 0.791. The van der Waals surface area contributed by atoms with Crippen molar-refractivity contribution in [3.8, 4) is 0 Å². The first-order valence-corrected chi connectivity index (χ1v) is 7.50. The van der Waals surface area contributed by atoms with Crippen molar-refractivity contribution in [2.75, 3.05) is 13.1 Å². The molecule has 1 saturated heterocycles.